The van der Waals surface area contributed by atoms with Crippen molar-refractivity contribution in [2.45, 2.75) is 44.4 Å². The highest BCUT2D eigenvalue weighted by Gasteiger charge is 2.41. The highest BCUT2D eigenvalue weighted by molar-refractivity contribution is 8.14. The lowest BCUT2D eigenvalue weighted by Crippen LogP contribution is -2.42. The van der Waals surface area contributed by atoms with Gasteiger partial charge in [0.15, 0.2) is 16.7 Å². The van der Waals surface area contributed by atoms with Crippen LogP contribution in [0.2, 0.25) is 0 Å². The summed E-state index contributed by atoms with van der Waals surface area (Å²) in [5, 5.41) is 6.20. The van der Waals surface area contributed by atoms with E-state index >= 15 is 0 Å². The summed E-state index contributed by atoms with van der Waals surface area (Å²) in [5.41, 5.74) is 2.33. The van der Waals surface area contributed by atoms with Gasteiger partial charge in [-0.2, -0.15) is 0 Å². The second-order valence-corrected chi connectivity index (χ2v) is 10.7. The lowest BCUT2D eigenvalue weighted by molar-refractivity contribution is -0.125. The number of benzene rings is 2. The molecule has 1 saturated heterocycles. The molecule has 0 radical (unpaired) electrons. The largest absolute Gasteiger partial charge is 0.454 e. The number of rotatable bonds is 9. The predicted octanol–water partition coefficient (Wildman–Crippen LogP) is 2.50. The number of para-hydroxylation sites is 1. The Kier molecular flexibility index (Phi) is 7.69. The minimum absolute atomic E-state index is 0.0571. The van der Waals surface area contributed by atoms with Crippen LogP contribution in [0.5, 0.6) is 11.5 Å². The van der Waals surface area contributed by atoms with Crippen molar-refractivity contribution >= 4 is 46.2 Å². The fraction of sp³-hybridized carbons (Fsp3) is 0.393. The topological polar surface area (TPSA) is 131 Å². The van der Waals surface area contributed by atoms with E-state index in [1.54, 1.807) is 0 Å². The number of fused-ring (bicyclic) bond motifs is 4. The lowest BCUT2D eigenvalue weighted by atomic mass is 10.1. The van der Waals surface area contributed by atoms with Crippen LogP contribution < -0.4 is 20.1 Å². The zero-order valence-corrected chi connectivity index (χ0v) is 22.6. The fourth-order valence-electron chi connectivity index (χ4n) is 4.91. The molecule has 2 N–H and O–H groups in total. The van der Waals surface area contributed by atoms with Gasteiger partial charge in [-0.15, -0.1) is 0 Å². The van der Waals surface area contributed by atoms with Crippen LogP contribution in [0.4, 0.5) is 5.69 Å². The third kappa shape index (κ3) is 5.68. The Morgan fingerprint density at radius 1 is 1.07 bits per heavy atom. The van der Waals surface area contributed by atoms with E-state index in [0.717, 1.165) is 30.6 Å². The molecule has 4 heterocycles. The monoisotopic (exact) mass is 563 g/mol. The maximum Gasteiger partial charge on any atom is 0.259 e. The summed E-state index contributed by atoms with van der Waals surface area (Å²) in [6.07, 6.45) is 2.40. The second-order valence-electron chi connectivity index (χ2n) is 9.78. The minimum Gasteiger partial charge on any atom is -0.454 e. The number of hydrogen-bond acceptors (Lipinski definition) is 9. The van der Waals surface area contributed by atoms with E-state index in [0.29, 0.717) is 41.3 Å². The van der Waals surface area contributed by atoms with Gasteiger partial charge in [0.05, 0.1) is 17.5 Å². The third-order valence-corrected chi connectivity index (χ3v) is 7.94. The zero-order chi connectivity index (χ0) is 27.5. The molecule has 6 rings (SSSR count). The first-order chi connectivity index (χ1) is 19.5. The van der Waals surface area contributed by atoms with E-state index in [-0.39, 0.29) is 49.2 Å². The van der Waals surface area contributed by atoms with Crippen LogP contribution in [-0.4, -0.2) is 71.5 Å². The molecule has 208 valence electrons. The molecule has 2 atom stereocenters. The average Bonchev–Trinajstić information content (AvgIpc) is 3.73. The maximum atomic E-state index is 13.4. The van der Waals surface area contributed by atoms with Gasteiger partial charge in [0.25, 0.3) is 5.91 Å². The van der Waals surface area contributed by atoms with Gasteiger partial charge in [-0.25, -0.2) is 9.89 Å². The normalized spacial score (nSPS) is 20.5. The number of hydrogen-bond donors (Lipinski definition) is 2. The van der Waals surface area contributed by atoms with Crippen molar-refractivity contribution in [1.82, 2.24) is 15.5 Å². The van der Waals surface area contributed by atoms with Crippen molar-refractivity contribution < 1.29 is 28.6 Å². The number of nitrogens with zero attached hydrogens (tertiary/aromatic N) is 3. The number of amides is 3. The van der Waals surface area contributed by atoms with E-state index < -0.39 is 6.04 Å². The number of ether oxygens (including phenoxy) is 3. The molecule has 0 bridgehead atoms. The summed E-state index contributed by atoms with van der Waals surface area (Å²) in [5.74, 6) is 1.38. The van der Waals surface area contributed by atoms with Gasteiger partial charge in [0.1, 0.15) is 11.9 Å². The van der Waals surface area contributed by atoms with Crippen molar-refractivity contribution in [1.29, 1.82) is 0 Å². The Hall–Kier alpha value is -3.90. The summed E-state index contributed by atoms with van der Waals surface area (Å²) < 4.78 is 16.3. The Balaban J connectivity index is 1.06. The quantitative estimate of drug-likeness (QED) is 0.479. The van der Waals surface area contributed by atoms with Crippen LogP contribution in [0.1, 0.15) is 36.8 Å². The Morgan fingerprint density at radius 2 is 1.95 bits per heavy atom. The van der Waals surface area contributed by atoms with Gasteiger partial charge in [-0.1, -0.05) is 30.0 Å². The molecular weight excluding hydrogens is 534 g/mol. The van der Waals surface area contributed by atoms with E-state index in [1.807, 2.05) is 42.5 Å². The van der Waals surface area contributed by atoms with E-state index in [2.05, 4.69) is 15.6 Å². The van der Waals surface area contributed by atoms with Gasteiger partial charge in [0.2, 0.25) is 18.6 Å². The van der Waals surface area contributed by atoms with Crippen LogP contribution >= 0.6 is 11.8 Å². The van der Waals surface area contributed by atoms with Gasteiger partial charge >= 0.3 is 0 Å². The second kappa shape index (κ2) is 11.7. The summed E-state index contributed by atoms with van der Waals surface area (Å²) in [6, 6.07) is 12.3. The number of nitrogens with one attached hydrogen (secondary N) is 2. The molecule has 0 aliphatic carbocycles. The predicted molar refractivity (Wildman–Crippen MR) is 149 cm³/mol. The molecule has 2 aromatic carbocycles. The molecule has 2 aromatic rings. The first-order valence-electron chi connectivity index (χ1n) is 13.3. The molecule has 3 amide bonds. The SMILES string of the molecule is O=C(CC[C@@H]1N=C2c3ccccc3N=C(SCC(=O)NC[C@@H]3CCCO3)N2C1=O)NCc1ccc2c(c1)OCO2. The minimum atomic E-state index is -0.711. The van der Waals surface area contributed by atoms with Gasteiger partial charge in [0, 0.05) is 31.7 Å². The number of amidine groups is 2. The maximum absolute atomic E-state index is 13.4. The van der Waals surface area contributed by atoms with Crippen molar-refractivity contribution in [2.75, 3.05) is 25.7 Å². The smallest absolute Gasteiger partial charge is 0.259 e. The summed E-state index contributed by atoms with van der Waals surface area (Å²) >= 11 is 1.20. The molecule has 1 fully saturated rings. The van der Waals surface area contributed by atoms with E-state index in [4.69, 9.17) is 19.2 Å². The van der Waals surface area contributed by atoms with Crippen molar-refractivity contribution in [3.63, 3.8) is 0 Å². The Morgan fingerprint density at radius 3 is 2.83 bits per heavy atom. The first-order valence-corrected chi connectivity index (χ1v) is 14.3. The molecule has 0 saturated carbocycles. The highest BCUT2D eigenvalue weighted by Crippen LogP contribution is 2.35. The molecule has 0 unspecified atom stereocenters. The fourth-order valence-corrected chi connectivity index (χ4v) is 5.74. The van der Waals surface area contributed by atoms with Gasteiger partial charge < -0.3 is 24.8 Å². The number of aliphatic imine (C=N–C) groups is 2. The van der Waals surface area contributed by atoms with Crippen molar-refractivity contribution in [2.24, 2.45) is 9.98 Å². The van der Waals surface area contributed by atoms with Crippen molar-refractivity contribution in [3.05, 3.63) is 53.6 Å². The Labute approximate surface area is 235 Å². The molecule has 40 heavy (non-hydrogen) atoms. The molecule has 11 nitrogen and oxygen atoms in total. The molecule has 4 aliphatic heterocycles. The van der Waals surface area contributed by atoms with E-state index in [1.165, 1.54) is 16.7 Å². The lowest BCUT2D eigenvalue weighted by Gasteiger charge is -2.25. The van der Waals surface area contributed by atoms with Crippen LogP contribution in [0.3, 0.4) is 0 Å². The number of thioether (sulfide) groups is 1. The molecular formula is C28H29N5O6S. The molecule has 12 heteroatoms. The average molecular weight is 564 g/mol. The van der Waals surface area contributed by atoms with Gasteiger partial charge in [-0.3, -0.25) is 19.4 Å². The summed E-state index contributed by atoms with van der Waals surface area (Å²) in [4.78, 5) is 49.4. The molecule has 4 aliphatic rings. The third-order valence-electron chi connectivity index (χ3n) is 7.00. The van der Waals surface area contributed by atoms with Crippen LogP contribution in [0.25, 0.3) is 0 Å². The van der Waals surface area contributed by atoms with E-state index in [9.17, 15) is 14.4 Å². The first kappa shape index (κ1) is 26.3. The van der Waals surface area contributed by atoms with Crippen LogP contribution in [-0.2, 0) is 25.7 Å². The van der Waals surface area contributed by atoms with Crippen LogP contribution in [0, 0.1) is 0 Å². The molecule has 0 spiro atoms. The summed E-state index contributed by atoms with van der Waals surface area (Å²) in [7, 11) is 0. The summed E-state index contributed by atoms with van der Waals surface area (Å²) in [6.45, 7) is 1.74. The Bertz CT molecular complexity index is 1390. The number of carbonyl (C=O) groups is 3. The van der Waals surface area contributed by atoms with Gasteiger partial charge in [-0.05, 0) is 49.1 Å². The highest BCUT2D eigenvalue weighted by atomic mass is 32.2. The standard InChI is InChI=1S/C28H29N5O6S/c34-24(29-13-17-7-9-22-23(12-17)39-16-38-22)10-8-21-27(36)33-26(31-21)19-5-1-2-6-20(19)32-28(33)40-15-25(35)30-14-18-4-3-11-37-18/h1-2,5-7,9,12,18,21H,3-4,8,10-11,13-16H2,(H,29,34)(H,30,35)/t18-,21-/m0/s1. The molecule has 0 aromatic heterocycles. The zero-order valence-electron chi connectivity index (χ0n) is 21.8. The number of carbonyl (C=O) groups excluding carboxylic acids is 3. The van der Waals surface area contributed by atoms with Crippen molar-refractivity contribution in [3.8, 4) is 11.5 Å². The van der Waals surface area contributed by atoms with Crippen LogP contribution in [0.15, 0.2) is 52.4 Å².